The maximum absolute atomic E-state index is 12.1. The molecule has 2 amide bonds. The van der Waals surface area contributed by atoms with E-state index < -0.39 is 5.91 Å². The van der Waals surface area contributed by atoms with Gasteiger partial charge in [0.05, 0.1) is 23.8 Å². The fraction of sp³-hybridized carbons (Fsp3) is 0.547. The maximum atomic E-state index is 12.1. The molecule has 0 radical (unpaired) electrons. The number of methoxy groups -OCH3 is 1. The number of hydrogen-bond donors (Lipinski definition) is 2. The standard InChI is InChI=1S/C17H20O4.C14H13NO3.C11H16.C10H14O.CO2/c1-8-6-12(21-9(2)18)14-10(13(8)16(19)20-5)7-11-15(14)17(11,3)4;1-14(2)7-3-5-9-6(12(17)15-13(9)18)4-8(16)10(5)11(7)14;1-7(2)8-5-6-9-10(8)11(9,3)4;1-6(11)7-4-5-8-9(7)10(8,2)3;2-1-3/h6,11,15H,7H2,1-5H3;4,7,11,16H,3H2,1-2H3,(H,15,17,18);5,9-10H,1,6H2,2-4H3;4,8-9H,5H2,1-3H3;/t11-,15-;7-,11-;9-,10+;8-,9+;/m1111./s1. The number of aromatic hydroxyl groups is 1. The minimum absolute atomic E-state index is 0.173. The van der Waals surface area contributed by atoms with Crippen molar-refractivity contribution in [2.75, 3.05) is 7.11 Å². The number of esters is 2. The SMILES string of the molecule is C=C(C)C1=CC[C@@H]2[C@H]1C2(C)C.CC(=O)C1=CC[C@@H]2[C@H]1C2(C)C.CC1(C)[C@@H]2Cc3c4c(cc(O)c3[C@@H]21)C(=O)NC4=O.COC(=O)c1c(C)cc(OC(C)=O)c2c1C[C@@H]1[C@H]2C1(C)C.O=C=O. The highest BCUT2D eigenvalue weighted by Gasteiger charge is 2.65. The van der Waals surface area contributed by atoms with Crippen LogP contribution in [0, 0.1) is 64.1 Å². The van der Waals surface area contributed by atoms with Gasteiger partial charge in [0.25, 0.3) is 11.8 Å². The van der Waals surface area contributed by atoms with Gasteiger partial charge < -0.3 is 14.6 Å². The third-order valence-electron chi connectivity index (χ3n) is 16.9. The van der Waals surface area contributed by atoms with Crippen LogP contribution < -0.4 is 10.1 Å². The molecule has 0 aromatic heterocycles. The molecular weight excluding hydrogens is 811 g/mol. The van der Waals surface area contributed by atoms with E-state index in [1.807, 2.05) is 6.92 Å². The second kappa shape index (κ2) is 15.6. The smallest absolute Gasteiger partial charge is 0.373 e. The molecule has 64 heavy (non-hydrogen) atoms. The quantitative estimate of drug-likeness (QED) is 0.171. The number of aryl methyl sites for hydroxylation is 1. The summed E-state index contributed by atoms with van der Waals surface area (Å²) in [6.45, 7) is 29.2. The fourth-order valence-electron chi connectivity index (χ4n) is 13.0. The number of imide groups is 1. The summed E-state index contributed by atoms with van der Waals surface area (Å²) < 4.78 is 10.3. The van der Waals surface area contributed by atoms with E-state index in [4.69, 9.17) is 19.1 Å². The lowest BCUT2D eigenvalue weighted by molar-refractivity contribution is -0.191. The van der Waals surface area contributed by atoms with Gasteiger partial charge in [0.2, 0.25) is 0 Å². The van der Waals surface area contributed by atoms with Gasteiger partial charge in [0, 0.05) is 18.1 Å². The zero-order valence-corrected chi connectivity index (χ0v) is 39.6. The Morgan fingerprint density at radius 1 is 0.734 bits per heavy atom. The van der Waals surface area contributed by atoms with Gasteiger partial charge in [0.15, 0.2) is 5.78 Å². The van der Waals surface area contributed by atoms with Gasteiger partial charge in [-0.05, 0) is 155 Å². The molecule has 1 aliphatic heterocycles. The minimum Gasteiger partial charge on any atom is -0.508 e. The second-order valence-electron chi connectivity index (χ2n) is 21.8. The van der Waals surface area contributed by atoms with Crippen molar-refractivity contribution in [2.45, 2.75) is 121 Å². The Bertz CT molecular complexity index is 2490. The Morgan fingerprint density at radius 2 is 1.22 bits per heavy atom. The summed E-state index contributed by atoms with van der Waals surface area (Å²) in [5.41, 5.74) is 11.5. The van der Waals surface area contributed by atoms with E-state index in [0.717, 1.165) is 70.4 Å². The van der Waals surface area contributed by atoms with Gasteiger partial charge >= 0.3 is 18.1 Å². The molecule has 0 bridgehead atoms. The van der Waals surface area contributed by atoms with E-state index >= 15 is 0 Å². The predicted molar refractivity (Wildman–Crippen MR) is 239 cm³/mol. The van der Waals surface area contributed by atoms with E-state index in [1.165, 1.54) is 32.1 Å². The second-order valence-corrected chi connectivity index (χ2v) is 21.8. The molecule has 9 aliphatic rings. The number of benzene rings is 2. The van der Waals surface area contributed by atoms with Crippen LogP contribution in [0.1, 0.15) is 160 Å². The summed E-state index contributed by atoms with van der Waals surface area (Å²) in [6.07, 6.45) is 8.83. The van der Waals surface area contributed by atoms with Crippen molar-refractivity contribution in [3.05, 3.63) is 92.1 Å². The van der Waals surface area contributed by atoms with Crippen LogP contribution in [-0.4, -0.2) is 47.9 Å². The third-order valence-corrected chi connectivity index (χ3v) is 16.9. The van der Waals surface area contributed by atoms with Crippen LogP contribution in [0.15, 0.2) is 47.6 Å². The third kappa shape index (κ3) is 7.32. The molecule has 2 aromatic carbocycles. The Labute approximate surface area is 376 Å². The average molecular weight is 874 g/mol. The Morgan fingerprint density at radius 3 is 1.66 bits per heavy atom. The number of rotatable bonds is 4. The van der Waals surface area contributed by atoms with Gasteiger partial charge in [0.1, 0.15) is 11.5 Å². The molecule has 11 heteroatoms. The fourth-order valence-corrected chi connectivity index (χ4v) is 13.0. The van der Waals surface area contributed by atoms with Crippen molar-refractivity contribution in [1.82, 2.24) is 5.32 Å². The lowest BCUT2D eigenvalue weighted by atomic mass is 9.89. The number of phenols is 1. The first-order valence-electron chi connectivity index (χ1n) is 22.5. The number of phenolic OH excluding ortho intramolecular Hbond substituents is 1. The molecule has 1 heterocycles. The van der Waals surface area contributed by atoms with Crippen molar-refractivity contribution in [3.63, 3.8) is 0 Å². The van der Waals surface area contributed by atoms with Crippen molar-refractivity contribution in [1.29, 1.82) is 0 Å². The molecule has 4 fully saturated rings. The first-order chi connectivity index (χ1) is 29.7. The number of carbonyl (C=O) groups excluding carboxylic acids is 7. The maximum Gasteiger partial charge on any atom is 0.373 e. The number of nitrogens with one attached hydrogen (secondary N) is 1. The summed E-state index contributed by atoms with van der Waals surface area (Å²) in [5, 5.41) is 12.4. The van der Waals surface area contributed by atoms with Crippen LogP contribution in [0.4, 0.5) is 0 Å². The summed E-state index contributed by atoms with van der Waals surface area (Å²) in [4.78, 5) is 74.2. The normalized spacial score (nSPS) is 29.4. The molecule has 2 N–H and O–H groups in total. The highest BCUT2D eigenvalue weighted by Crippen LogP contribution is 2.73. The van der Waals surface area contributed by atoms with Crippen LogP contribution in [0.5, 0.6) is 11.5 Å². The molecule has 0 saturated heterocycles. The molecule has 11 rings (SSSR count). The summed E-state index contributed by atoms with van der Waals surface area (Å²) in [7, 11) is 1.40. The Balaban J connectivity index is 0.000000129. The molecule has 4 saturated carbocycles. The number of carbonyl (C=O) groups is 5. The summed E-state index contributed by atoms with van der Waals surface area (Å²) >= 11 is 0. The number of ketones is 1. The number of Topliss-reactive ketones (excluding diaryl/α,β-unsaturated/α-hetero) is 1. The zero-order chi connectivity index (χ0) is 47.5. The topological polar surface area (TPSA) is 170 Å². The molecule has 11 nitrogen and oxygen atoms in total. The van der Waals surface area contributed by atoms with Crippen LogP contribution in [0.2, 0.25) is 0 Å². The van der Waals surface area contributed by atoms with Crippen LogP contribution in [0.25, 0.3) is 0 Å². The van der Waals surface area contributed by atoms with Crippen LogP contribution >= 0.6 is 0 Å². The molecule has 8 aliphatic carbocycles. The van der Waals surface area contributed by atoms with Gasteiger partial charge in [-0.15, -0.1) is 0 Å². The van der Waals surface area contributed by atoms with Crippen molar-refractivity contribution in [2.24, 2.45) is 57.2 Å². The molecular formula is C53H63NO10. The first-order valence-corrected chi connectivity index (χ1v) is 22.5. The predicted octanol–water partition coefficient (Wildman–Crippen LogP) is 9.33. The van der Waals surface area contributed by atoms with Gasteiger partial charge in [-0.25, -0.2) is 4.79 Å². The Hall–Kier alpha value is -5.41. The van der Waals surface area contributed by atoms with E-state index in [9.17, 15) is 29.1 Å². The van der Waals surface area contributed by atoms with E-state index in [-0.39, 0.29) is 46.4 Å². The van der Waals surface area contributed by atoms with Crippen molar-refractivity contribution >= 4 is 35.7 Å². The monoisotopic (exact) mass is 873 g/mol. The number of allylic oxidation sites excluding steroid dienone is 5. The van der Waals surface area contributed by atoms with E-state index in [2.05, 4.69) is 86.4 Å². The van der Waals surface area contributed by atoms with Gasteiger partial charge in [-0.1, -0.05) is 79.7 Å². The number of hydrogen-bond acceptors (Lipinski definition) is 10. The van der Waals surface area contributed by atoms with Crippen molar-refractivity contribution in [3.8, 4) is 11.5 Å². The first kappa shape index (κ1) is 46.6. The van der Waals surface area contributed by atoms with Gasteiger partial charge in [-0.3, -0.25) is 24.5 Å². The summed E-state index contributed by atoms with van der Waals surface area (Å²) in [5.74, 6) is 4.60. The van der Waals surface area contributed by atoms with Gasteiger partial charge in [-0.2, -0.15) is 9.59 Å². The van der Waals surface area contributed by atoms with E-state index in [1.54, 1.807) is 18.6 Å². The summed E-state index contributed by atoms with van der Waals surface area (Å²) in [6, 6.07) is 3.24. The number of fused-ring (bicyclic) bond motifs is 10. The average Bonchev–Trinajstić information content (AvgIpc) is 3.81. The number of amides is 2. The van der Waals surface area contributed by atoms with Crippen LogP contribution in [-0.2, 0) is 36.8 Å². The molecule has 8 atom stereocenters. The molecule has 0 spiro atoms. The molecule has 2 aromatic rings. The highest BCUT2D eigenvalue weighted by molar-refractivity contribution is 6.22. The van der Waals surface area contributed by atoms with Crippen LogP contribution in [0.3, 0.4) is 0 Å². The molecule has 340 valence electrons. The Kier molecular flexibility index (Phi) is 11.4. The zero-order valence-electron chi connectivity index (χ0n) is 39.6. The largest absolute Gasteiger partial charge is 0.508 e. The number of ether oxygens (including phenoxy) is 2. The lowest BCUT2D eigenvalue weighted by Gasteiger charge is -2.19. The van der Waals surface area contributed by atoms with Crippen molar-refractivity contribution < 1.29 is 48.1 Å². The molecule has 0 unspecified atom stereocenters. The lowest BCUT2D eigenvalue weighted by Crippen LogP contribution is -2.20. The minimum atomic E-state index is -0.395. The van der Waals surface area contributed by atoms with E-state index in [0.29, 0.717) is 62.9 Å². The highest BCUT2D eigenvalue weighted by atomic mass is 16.5.